The molecule has 0 aliphatic carbocycles. The molecule has 2 fully saturated rings. The van der Waals surface area contributed by atoms with Gasteiger partial charge in [0.2, 0.25) is 0 Å². The number of aliphatic hydroxyl groups is 3. The maximum atomic E-state index is 14.2. The topological polar surface area (TPSA) is 160 Å². The van der Waals surface area contributed by atoms with E-state index in [-0.39, 0.29) is 31.1 Å². The van der Waals surface area contributed by atoms with Crippen LogP contribution in [-0.4, -0.2) is 144 Å². The van der Waals surface area contributed by atoms with Crippen molar-refractivity contribution in [2.45, 2.75) is 155 Å². The van der Waals surface area contributed by atoms with Crippen molar-refractivity contribution in [2.75, 3.05) is 41.3 Å². The predicted octanol–water partition coefficient (Wildman–Crippen LogP) is 3.26. The Morgan fingerprint density at radius 1 is 1.08 bits per heavy atom. The van der Waals surface area contributed by atoms with E-state index in [4.69, 9.17) is 30.2 Å². The second-order valence-electron chi connectivity index (χ2n) is 16.0. The summed E-state index contributed by atoms with van der Waals surface area (Å²) < 4.78 is 24.9. The van der Waals surface area contributed by atoms with Gasteiger partial charge in [0.25, 0.3) is 0 Å². The molecule has 52 heavy (non-hydrogen) atoms. The highest BCUT2D eigenvalue weighted by atomic mass is 16.7. The summed E-state index contributed by atoms with van der Waals surface area (Å²) in [7, 11) is 7.36. The molecule has 0 aromatic rings. The highest BCUT2D eigenvalue weighted by Crippen LogP contribution is 2.38. The van der Waals surface area contributed by atoms with Crippen molar-refractivity contribution in [3.05, 3.63) is 0 Å². The number of esters is 1. The normalized spacial score (nSPS) is 39.9. The molecule has 1 unspecified atom stereocenters. The van der Waals surface area contributed by atoms with Crippen LogP contribution in [0.4, 0.5) is 0 Å². The van der Waals surface area contributed by atoms with Crippen LogP contribution in [0.3, 0.4) is 0 Å². The summed E-state index contributed by atoms with van der Waals surface area (Å²) in [6.45, 7) is 16.9. The molecule has 2 heterocycles. The molecule has 0 aromatic heterocycles. The summed E-state index contributed by atoms with van der Waals surface area (Å²) in [6, 6.07) is -0.334. The van der Waals surface area contributed by atoms with Crippen LogP contribution in [0.2, 0.25) is 0 Å². The number of aliphatic hydroxyl groups excluding tert-OH is 2. The molecule has 2 aliphatic heterocycles. The minimum Gasteiger partial charge on any atom is -0.459 e. The Hall–Kier alpha value is -2.15. The number of carbonyl (C=O) groups is 2. The summed E-state index contributed by atoms with van der Waals surface area (Å²) >= 11 is 0. The lowest BCUT2D eigenvalue weighted by Gasteiger charge is -2.47. The van der Waals surface area contributed by atoms with Crippen molar-refractivity contribution in [3.8, 4) is 12.3 Å². The summed E-state index contributed by atoms with van der Waals surface area (Å²) in [5, 5.41) is 39.8. The summed E-state index contributed by atoms with van der Waals surface area (Å²) in [4.78, 5) is 37.8. The van der Waals surface area contributed by atoms with Crippen molar-refractivity contribution in [1.29, 1.82) is 0 Å². The lowest BCUT2D eigenvalue weighted by Crippen LogP contribution is -2.60. The Morgan fingerprint density at radius 3 is 2.27 bits per heavy atom. The van der Waals surface area contributed by atoms with E-state index in [2.05, 4.69) is 11.1 Å². The van der Waals surface area contributed by atoms with E-state index in [9.17, 15) is 24.9 Å². The van der Waals surface area contributed by atoms with Crippen molar-refractivity contribution >= 4 is 17.5 Å². The first-order valence-corrected chi connectivity index (χ1v) is 18.9. The lowest BCUT2D eigenvalue weighted by atomic mass is 9.74. The number of nitrogens with zero attached hydrogens (tertiary/aromatic N) is 3. The monoisotopic (exact) mass is 739 g/mol. The number of hydrogen-bond acceptors (Lipinski definition) is 13. The Balaban J connectivity index is 2.71. The molecule has 13 heteroatoms. The van der Waals surface area contributed by atoms with Gasteiger partial charge in [-0.05, 0) is 81.4 Å². The van der Waals surface area contributed by atoms with E-state index in [0.29, 0.717) is 31.5 Å². The molecular weight excluding hydrogens is 670 g/mol. The van der Waals surface area contributed by atoms with Crippen molar-refractivity contribution in [3.63, 3.8) is 0 Å². The minimum atomic E-state index is -1.90. The molecule has 0 spiro atoms. The van der Waals surface area contributed by atoms with Crippen LogP contribution in [0, 0.1) is 36.0 Å². The molecule has 2 saturated heterocycles. The SMILES string of the molecule is C#CCCN(C)[C@H]1C[C@@H](C)OC(O[C@@H]2[C@@H](C)C(=O)[C@@H](C)C(=O)O[C@H](CC)[C@@](C)(O)[C@H](O)[C@@H](C)/C(=N/O[C@H](C)CCN(C)C)[C@H](C)C[C@@]2(C)OC)[C@@H]1O. The van der Waals surface area contributed by atoms with Crippen molar-refractivity contribution in [2.24, 2.45) is 28.8 Å². The quantitative estimate of drug-likeness (QED) is 0.116. The van der Waals surface area contributed by atoms with Crippen LogP contribution in [0.5, 0.6) is 0 Å². The lowest BCUT2D eigenvalue weighted by molar-refractivity contribution is -0.295. The van der Waals surface area contributed by atoms with E-state index in [1.165, 1.54) is 21.0 Å². The number of likely N-dealkylation sites (N-methyl/N-ethyl adjacent to an activating group) is 1. The number of Topliss-reactive ketones (excluding diaryl/α,β-unsaturated/α-hetero) is 1. The Bertz CT molecular complexity index is 1220. The molecule has 14 atom stereocenters. The van der Waals surface area contributed by atoms with Crippen LogP contribution in [0.1, 0.15) is 94.4 Å². The third kappa shape index (κ3) is 11.4. The smallest absolute Gasteiger partial charge is 0.316 e. The zero-order valence-electron chi connectivity index (χ0n) is 34.0. The summed E-state index contributed by atoms with van der Waals surface area (Å²) in [6.07, 6.45) is 1.30. The van der Waals surface area contributed by atoms with Crippen LogP contribution < -0.4 is 0 Å². The highest BCUT2D eigenvalue weighted by Gasteiger charge is 2.51. The zero-order chi connectivity index (χ0) is 39.7. The van der Waals surface area contributed by atoms with E-state index in [1.807, 2.05) is 58.6 Å². The predicted molar refractivity (Wildman–Crippen MR) is 199 cm³/mol. The van der Waals surface area contributed by atoms with Crippen LogP contribution in [0.25, 0.3) is 0 Å². The van der Waals surface area contributed by atoms with Gasteiger partial charge >= 0.3 is 5.97 Å². The van der Waals surface area contributed by atoms with Gasteiger partial charge in [-0.1, -0.05) is 32.9 Å². The first kappa shape index (κ1) is 46.0. The molecule has 300 valence electrons. The van der Waals surface area contributed by atoms with E-state index < -0.39 is 77.3 Å². The van der Waals surface area contributed by atoms with Crippen molar-refractivity contribution in [1.82, 2.24) is 9.80 Å². The van der Waals surface area contributed by atoms with Gasteiger partial charge in [0.05, 0.1) is 29.6 Å². The number of rotatable bonds is 12. The third-order valence-corrected chi connectivity index (χ3v) is 11.2. The first-order chi connectivity index (χ1) is 24.2. The van der Waals surface area contributed by atoms with Crippen LogP contribution in [0.15, 0.2) is 5.16 Å². The Morgan fingerprint density at radius 2 is 1.71 bits per heavy atom. The number of methoxy groups -OCH3 is 1. The number of terminal acetylenes is 1. The van der Waals surface area contributed by atoms with E-state index in [1.54, 1.807) is 20.8 Å². The fourth-order valence-electron chi connectivity index (χ4n) is 7.59. The van der Waals surface area contributed by atoms with Gasteiger partial charge < -0.3 is 44.0 Å². The summed E-state index contributed by atoms with van der Waals surface area (Å²) in [5.41, 5.74) is -2.67. The Labute approximate surface area is 312 Å². The molecule has 2 rings (SSSR count). The molecule has 0 saturated carbocycles. The fourth-order valence-corrected chi connectivity index (χ4v) is 7.59. The van der Waals surface area contributed by atoms with Crippen molar-refractivity contribution < 1.29 is 48.7 Å². The number of carbonyl (C=O) groups excluding carboxylic acids is 2. The average Bonchev–Trinajstić information content (AvgIpc) is 3.09. The standard InChI is InChI=1S/C39H69N3O10/c1-15-17-19-42(13)29-21-25(5)49-37(33(29)44)51-35-27(7)32(43)28(8)36(46)50-30(16-2)39(10,47)34(45)26(6)31(23(3)22-38(35,9)48-14)40-52-24(4)18-20-41(11)12/h1,23-30,33-35,37,44-45,47H,16-22H2,2-14H3/b40-31+/t23-,24-,25-,26+,27+,28-,29+,30-,33-,34-,35-,37?,38-,39-/m1/s1. The van der Waals surface area contributed by atoms with Gasteiger partial charge in [-0.3, -0.25) is 14.5 Å². The van der Waals surface area contributed by atoms with E-state index in [0.717, 1.165) is 6.54 Å². The Kier molecular flexibility index (Phi) is 17.7. The first-order valence-electron chi connectivity index (χ1n) is 18.9. The molecule has 0 bridgehead atoms. The fraction of sp³-hybridized carbons (Fsp3) is 0.872. The highest BCUT2D eigenvalue weighted by molar-refractivity contribution is 6.00. The average molecular weight is 740 g/mol. The second kappa shape index (κ2) is 20.0. The van der Waals surface area contributed by atoms with Gasteiger partial charge in [0.15, 0.2) is 12.1 Å². The maximum absolute atomic E-state index is 14.2. The number of hydrogen-bond donors (Lipinski definition) is 3. The minimum absolute atomic E-state index is 0.179. The molecule has 13 nitrogen and oxygen atoms in total. The van der Waals surface area contributed by atoms with E-state index >= 15 is 0 Å². The zero-order valence-corrected chi connectivity index (χ0v) is 34.0. The molecule has 3 N–H and O–H groups in total. The molecule has 0 aromatic carbocycles. The molecule has 0 radical (unpaired) electrons. The van der Waals surface area contributed by atoms with Gasteiger partial charge in [0.1, 0.15) is 29.8 Å². The number of cyclic esters (lactones) is 1. The second-order valence-corrected chi connectivity index (χ2v) is 16.0. The van der Waals surface area contributed by atoms with Crippen LogP contribution in [-0.2, 0) is 33.4 Å². The number of oxime groups is 1. The van der Waals surface area contributed by atoms with Gasteiger partial charge in [-0.15, -0.1) is 12.3 Å². The molecule has 2 aliphatic rings. The molecule has 0 amide bonds. The summed E-state index contributed by atoms with van der Waals surface area (Å²) in [5.74, 6) is -2.06. The maximum Gasteiger partial charge on any atom is 0.316 e. The van der Waals surface area contributed by atoms with Gasteiger partial charge in [-0.2, -0.15) is 0 Å². The third-order valence-electron chi connectivity index (χ3n) is 11.2. The number of ether oxygens (including phenoxy) is 4. The van der Waals surface area contributed by atoms with Gasteiger partial charge in [0, 0.05) is 50.4 Å². The van der Waals surface area contributed by atoms with Crippen LogP contribution >= 0.6 is 0 Å². The largest absolute Gasteiger partial charge is 0.459 e. The van der Waals surface area contributed by atoms with Gasteiger partial charge in [-0.25, -0.2) is 0 Å². The molecular formula is C39H69N3O10. The number of ketones is 1.